The molecule has 1 aromatic carbocycles. The molecule has 2 atom stereocenters. The van der Waals surface area contributed by atoms with Crippen LogP contribution in [0.25, 0.3) is 10.4 Å². The smallest absolute Gasteiger partial charge is 0.407 e. The summed E-state index contributed by atoms with van der Waals surface area (Å²) in [4.78, 5) is 31.9. The number of hydrogen-bond donors (Lipinski definition) is 1. The van der Waals surface area contributed by atoms with Crippen LogP contribution in [-0.2, 0) is 9.53 Å². The average Bonchev–Trinajstić information content (AvgIpc) is 2.91. The number of fused-ring (bicyclic) bond motifs is 1. The molecule has 6 nitrogen and oxygen atoms in total. The fourth-order valence-corrected chi connectivity index (χ4v) is 4.73. The first-order valence-corrected chi connectivity index (χ1v) is 10.3. The second-order valence-electron chi connectivity index (χ2n) is 7.55. The van der Waals surface area contributed by atoms with Crippen molar-refractivity contribution in [2.24, 2.45) is 0 Å². The van der Waals surface area contributed by atoms with Crippen LogP contribution in [0.3, 0.4) is 0 Å². The largest absolute Gasteiger partial charge is 0.447 e. The SMILES string of the molecule is CC(=O)N1c2ccc(-c3sc(C)nc3C)cc2[C@@H](NC(=O)OC(C)C)C[C@H]1C. The first-order valence-electron chi connectivity index (χ1n) is 9.52. The molecule has 1 aliphatic rings. The van der Waals surface area contributed by atoms with Gasteiger partial charge in [0, 0.05) is 18.7 Å². The molecule has 0 spiro atoms. The van der Waals surface area contributed by atoms with Crippen LogP contribution in [0.5, 0.6) is 0 Å². The standard InChI is InChI=1S/C21H27N3O3S/c1-11(2)27-21(26)23-18-9-12(3)24(15(6)25)19-8-7-16(10-17(18)19)20-13(4)22-14(5)28-20/h7-8,10-12,18H,9H2,1-6H3,(H,23,26)/t12-,18+/m1/s1. The van der Waals surface area contributed by atoms with Crippen LogP contribution in [0.1, 0.15) is 56.4 Å². The number of hydrogen-bond acceptors (Lipinski definition) is 5. The number of carbonyl (C=O) groups is 2. The summed E-state index contributed by atoms with van der Waals surface area (Å²) in [5, 5.41) is 4.00. The Morgan fingerprint density at radius 1 is 1.32 bits per heavy atom. The number of nitrogens with one attached hydrogen (secondary N) is 1. The molecule has 0 radical (unpaired) electrons. The Morgan fingerprint density at radius 3 is 2.61 bits per heavy atom. The quantitative estimate of drug-likeness (QED) is 0.806. The van der Waals surface area contributed by atoms with E-state index in [-0.39, 0.29) is 24.1 Å². The summed E-state index contributed by atoms with van der Waals surface area (Å²) in [5.74, 6) is -0.00507. The number of amides is 2. The van der Waals surface area contributed by atoms with E-state index >= 15 is 0 Å². The van der Waals surface area contributed by atoms with Gasteiger partial charge in [0.1, 0.15) is 0 Å². The number of benzene rings is 1. The van der Waals surface area contributed by atoms with Gasteiger partial charge in [-0.3, -0.25) is 4.79 Å². The van der Waals surface area contributed by atoms with Crippen LogP contribution in [0, 0.1) is 13.8 Å². The summed E-state index contributed by atoms with van der Waals surface area (Å²) in [6.45, 7) is 11.2. The van der Waals surface area contributed by atoms with Crippen LogP contribution < -0.4 is 10.2 Å². The van der Waals surface area contributed by atoms with E-state index < -0.39 is 6.09 Å². The van der Waals surface area contributed by atoms with Gasteiger partial charge in [0.05, 0.1) is 27.7 Å². The number of carbonyl (C=O) groups excluding carboxylic acids is 2. The zero-order valence-corrected chi connectivity index (χ0v) is 18.0. The summed E-state index contributed by atoms with van der Waals surface area (Å²) in [7, 11) is 0. The Balaban J connectivity index is 2.04. The monoisotopic (exact) mass is 401 g/mol. The van der Waals surface area contributed by atoms with E-state index in [0.717, 1.165) is 32.4 Å². The van der Waals surface area contributed by atoms with Crippen LogP contribution in [0.15, 0.2) is 18.2 Å². The highest BCUT2D eigenvalue weighted by molar-refractivity contribution is 7.15. The lowest BCUT2D eigenvalue weighted by atomic mass is 9.90. The predicted molar refractivity (Wildman–Crippen MR) is 112 cm³/mol. The van der Waals surface area contributed by atoms with Gasteiger partial charge >= 0.3 is 6.09 Å². The highest BCUT2D eigenvalue weighted by Crippen LogP contribution is 2.41. The molecule has 0 unspecified atom stereocenters. The van der Waals surface area contributed by atoms with Gasteiger partial charge in [-0.25, -0.2) is 9.78 Å². The van der Waals surface area contributed by atoms with Gasteiger partial charge in [-0.1, -0.05) is 6.07 Å². The summed E-state index contributed by atoms with van der Waals surface area (Å²) in [6.07, 6.45) is -0.00259. The van der Waals surface area contributed by atoms with Gasteiger partial charge < -0.3 is 15.0 Å². The maximum atomic E-state index is 12.3. The van der Waals surface area contributed by atoms with E-state index in [1.165, 1.54) is 0 Å². The minimum Gasteiger partial charge on any atom is -0.447 e. The minimum absolute atomic E-state index is 0.00507. The lowest BCUT2D eigenvalue weighted by Gasteiger charge is -2.39. The topological polar surface area (TPSA) is 71.5 Å². The molecule has 0 saturated carbocycles. The maximum Gasteiger partial charge on any atom is 0.407 e. The molecular formula is C21H27N3O3S. The number of anilines is 1. The zero-order chi connectivity index (χ0) is 20.6. The number of ether oxygens (including phenoxy) is 1. The average molecular weight is 402 g/mol. The van der Waals surface area contributed by atoms with Crippen molar-refractivity contribution in [3.63, 3.8) is 0 Å². The third-order valence-electron chi connectivity index (χ3n) is 4.82. The Morgan fingerprint density at radius 2 is 2.04 bits per heavy atom. The normalized spacial score (nSPS) is 18.8. The van der Waals surface area contributed by atoms with E-state index in [4.69, 9.17) is 4.74 Å². The number of aromatic nitrogens is 1. The molecule has 2 amide bonds. The van der Waals surface area contributed by atoms with Crippen molar-refractivity contribution in [1.29, 1.82) is 0 Å². The number of alkyl carbamates (subject to hydrolysis) is 1. The van der Waals surface area contributed by atoms with Crippen molar-refractivity contribution in [3.8, 4) is 10.4 Å². The summed E-state index contributed by atoms with van der Waals surface area (Å²) in [5.41, 5.74) is 3.79. The number of rotatable bonds is 3. The van der Waals surface area contributed by atoms with Crippen molar-refractivity contribution in [1.82, 2.24) is 10.3 Å². The van der Waals surface area contributed by atoms with Gasteiger partial charge in [-0.05, 0) is 64.3 Å². The maximum absolute atomic E-state index is 12.3. The van der Waals surface area contributed by atoms with Crippen LogP contribution >= 0.6 is 11.3 Å². The molecule has 0 fully saturated rings. The van der Waals surface area contributed by atoms with Crippen LogP contribution in [0.2, 0.25) is 0 Å². The Labute approximate surface area is 169 Å². The van der Waals surface area contributed by atoms with E-state index in [1.807, 2.05) is 46.8 Å². The zero-order valence-electron chi connectivity index (χ0n) is 17.2. The Hall–Kier alpha value is -2.41. The molecule has 2 aromatic rings. The van der Waals surface area contributed by atoms with Gasteiger partial charge in [0.25, 0.3) is 0 Å². The number of nitrogens with zero attached hydrogens (tertiary/aromatic N) is 2. The minimum atomic E-state index is -0.440. The van der Waals surface area contributed by atoms with Crippen molar-refractivity contribution in [2.45, 2.75) is 66.2 Å². The van der Waals surface area contributed by atoms with Crippen LogP contribution in [-0.4, -0.2) is 29.1 Å². The molecule has 0 aliphatic carbocycles. The third-order valence-corrected chi connectivity index (χ3v) is 5.94. The first kappa shape index (κ1) is 20.3. The summed E-state index contributed by atoms with van der Waals surface area (Å²) >= 11 is 1.65. The second kappa shape index (κ2) is 7.91. The number of aryl methyl sites for hydroxylation is 2. The van der Waals surface area contributed by atoms with E-state index in [0.29, 0.717) is 6.42 Å². The van der Waals surface area contributed by atoms with Crippen molar-refractivity contribution in [2.75, 3.05) is 4.90 Å². The molecule has 1 aliphatic heterocycles. The van der Waals surface area contributed by atoms with Gasteiger partial charge in [0.2, 0.25) is 5.91 Å². The molecule has 3 rings (SSSR count). The molecule has 1 aromatic heterocycles. The molecule has 2 heterocycles. The second-order valence-corrected chi connectivity index (χ2v) is 8.75. The third kappa shape index (κ3) is 4.04. The summed E-state index contributed by atoms with van der Waals surface area (Å²) < 4.78 is 5.28. The first-order chi connectivity index (χ1) is 13.2. The fraction of sp³-hybridized carbons (Fsp3) is 0.476. The molecule has 0 saturated heterocycles. The lowest BCUT2D eigenvalue weighted by molar-refractivity contribution is -0.117. The lowest BCUT2D eigenvalue weighted by Crippen LogP contribution is -2.45. The molecule has 1 N–H and O–H groups in total. The molecular weight excluding hydrogens is 374 g/mol. The van der Waals surface area contributed by atoms with Crippen LogP contribution in [0.4, 0.5) is 10.5 Å². The number of thiazole rings is 1. The Bertz CT molecular complexity index is 906. The van der Waals surface area contributed by atoms with Gasteiger partial charge in [-0.2, -0.15) is 0 Å². The van der Waals surface area contributed by atoms with Crippen molar-refractivity contribution in [3.05, 3.63) is 34.5 Å². The van der Waals surface area contributed by atoms with E-state index in [2.05, 4.69) is 16.4 Å². The van der Waals surface area contributed by atoms with Crippen molar-refractivity contribution >= 4 is 29.0 Å². The summed E-state index contributed by atoms with van der Waals surface area (Å²) in [6, 6.07) is 5.82. The highest BCUT2D eigenvalue weighted by atomic mass is 32.1. The molecule has 150 valence electrons. The fourth-order valence-electron chi connectivity index (χ4n) is 3.81. The molecule has 28 heavy (non-hydrogen) atoms. The predicted octanol–water partition coefficient (Wildman–Crippen LogP) is 4.75. The highest BCUT2D eigenvalue weighted by Gasteiger charge is 2.34. The van der Waals surface area contributed by atoms with E-state index in [9.17, 15) is 9.59 Å². The molecule has 0 bridgehead atoms. The van der Waals surface area contributed by atoms with Gasteiger partial charge in [0.15, 0.2) is 0 Å². The Kier molecular flexibility index (Phi) is 5.74. The molecule has 7 heteroatoms. The van der Waals surface area contributed by atoms with E-state index in [1.54, 1.807) is 23.2 Å². The van der Waals surface area contributed by atoms with Crippen molar-refractivity contribution < 1.29 is 14.3 Å². The van der Waals surface area contributed by atoms with Gasteiger partial charge in [-0.15, -0.1) is 11.3 Å².